The second-order valence-electron chi connectivity index (χ2n) is 9.02. The van der Waals surface area contributed by atoms with E-state index in [1.165, 1.54) is 31.3 Å². The highest BCUT2D eigenvalue weighted by atomic mass is 35.5. The molecule has 1 heterocycles. The average molecular weight is 552 g/mol. The van der Waals surface area contributed by atoms with Gasteiger partial charge >= 0.3 is 0 Å². The van der Waals surface area contributed by atoms with Gasteiger partial charge in [-0.1, -0.05) is 23.7 Å². The van der Waals surface area contributed by atoms with Crippen molar-refractivity contribution in [3.05, 3.63) is 82.4 Å². The third-order valence-electron chi connectivity index (χ3n) is 6.17. The summed E-state index contributed by atoms with van der Waals surface area (Å²) in [5.74, 6) is -0.236. The van der Waals surface area contributed by atoms with Gasteiger partial charge in [-0.25, -0.2) is 0 Å². The van der Waals surface area contributed by atoms with Crippen molar-refractivity contribution >= 4 is 34.7 Å². The summed E-state index contributed by atoms with van der Waals surface area (Å²) >= 11 is 6.35. The van der Waals surface area contributed by atoms with E-state index in [4.69, 9.17) is 30.5 Å². The second-order valence-corrected chi connectivity index (χ2v) is 9.43. The van der Waals surface area contributed by atoms with Crippen molar-refractivity contribution < 1.29 is 33.6 Å². The van der Waals surface area contributed by atoms with E-state index in [0.717, 1.165) is 0 Å². The molecule has 1 aliphatic rings. The fourth-order valence-electron chi connectivity index (χ4n) is 4.47. The van der Waals surface area contributed by atoms with Gasteiger partial charge in [-0.2, -0.15) is 0 Å². The minimum absolute atomic E-state index is 0.0300. The number of ether oxygens (including phenoxy) is 4. The van der Waals surface area contributed by atoms with Gasteiger partial charge in [0.15, 0.2) is 0 Å². The molecule has 1 saturated heterocycles. The van der Waals surface area contributed by atoms with E-state index in [9.17, 15) is 14.7 Å². The van der Waals surface area contributed by atoms with Crippen molar-refractivity contribution in [1.29, 1.82) is 0 Å². The SMILES string of the molecule is CCOc1ccc(N2C(=O)C(=O)/C(=C(/O)c3cc(Cl)c(OC)cc3OC)C2c2ccc(OC(C)C)cc2)cc1. The van der Waals surface area contributed by atoms with Gasteiger partial charge < -0.3 is 24.1 Å². The molecular weight excluding hydrogens is 522 g/mol. The molecule has 1 amide bonds. The highest BCUT2D eigenvalue weighted by Gasteiger charge is 2.47. The van der Waals surface area contributed by atoms with Crippen LogP contribution in [0.15, 0.2) is 66.2 Å². The van der Waals surface area contributed by atoms with Gasteiger partial charge in [-0.05, 0) is 68.8 Å². The van der Waals surface area contributed by atoms with E-state index in [1.807, 2.05) is 20.8 Å². The van der Waals surface area contributed by atoms with Gasteiger partial charge in [0.1, 0.15) is 28.8 Å². The summed E-state index contributed by atoms with van der Waals surface area (Å²) < 4.78 is 22.0. The summed E-state index contributed by atoms with van der Waals surface area (Å²) in [5, 5.41) is 11.7. The molecule has 9 heteroatoms. The van der Waals surface area contributed by atoms with Crippen LogP contribution in [0.1, 0.15) is 37.9 Å². The molecule has 0 bridgehead atoms. The van der Waals surface area contributed by atoms with Crippen molar-refractivity contribution in [3.63, 3.8) is 0 Å². The Labute approximate surface area is 232 Å². The number of rotatable bonds is 9. The zero-order chi connectivity index (χ0) is 28.3. The molecule has 8 nitrogen and oxygen atoms in total. The molecule has 1 aliphatic heterocycles. The van der Waals surface area contributed by atoms with Crippen molar-refractivity contribution in [2.24, 2.45) is 0 Å². The average Bonchev–Trinajstić information content (AvgIpc) is 3.19. The Balaban J connectivity index is 1.91. The van der Waals surface area contributed by atoms with Gasteiger partial charge in [0.25, 0.3) is 11.7 Å². The van der Waals surface area contributed by atoms with Crippen molar-refractivity contribution in [2.75, 3.05) is 25.7 Å². The summed E-state index contributed by atoms with van der Waals surface area (Å²) in [6.07, 6.45) is -0.0300. The highest BCUT2D eigenvalue weighted by Crippen LogP contribution is 2.45. The van der Waals surface area contributed by atoms with Crippen LogP contribution in [0.3, 0.4) is 0 Å². The summed E-state index contributed by atoms with van der Waals surface area (Å²) in [7, 11) is 2.87. The number of aliphatic hydroxyl groups excluding tert-OH is 1. The summed E-state index contributed by atoms with van der Waals surface area (Å²) in [6, 6.07) is 15.9. The Bertz CT molecular complexity index is 1400. The zero-order valence-electron chi connectivity index (χ0n) is 22.4. The topological polar surface area (TPSA) is 94.5 Å². The number of halogens is 1. The second kappa shape index (κ2) is 11.7. The molecule has 4 rings (SSSR count). The number of Topliss-reactive ketones (excluding diaryl/α,β-unsaturated/α-hetero) is 1. The van der Waals surface area contributed by atoms with Crippen LogP contribution >= 0.6 is 11.6 Å². The molecule has 0 aromatic heterocycles. The number of carbonyl (C=O) groups excluding carboxylic acids is 2. The molecule has 0 spiro atoms. The van der Waals surface area contributed by atoms with Gasteiger partial charge in [0.05, 0.1) is 49.1 Å². The molecule has 1 atom stereocenters. The zero-order valence-corrected chi connectivity index (χ0v) is 23.1. The first-order chi connectivity index (χ1) is 18.7. The lowest BCUT2D eigenvalue weighted by Crippen LogP contribution is -2.29. The smallest absolute Gasteiger partial charge is 0.300 e. The Morgan fingerprint density at radius 1 is 0.949 bits per heavy atom. The van der Waals surface area contributed by atoms with Crippen LogP contribution in [0.4, 0.5) is 5.69 Å². The van der Waals surface area contributed by atoms with Crippen LogP contribution in [0.25, 0.3) is 5.76 Å². The van der Waals surface area contributed by atoms with Gasteiger partial charge in [-0.15, -0.1) is 0 Å². The molecule has 3 aromatic rings. The predicted molar refractivity (Wildman–Crippen MR) is 149 cm³/mol. The van der Waals surface area contributed by atoms with E-state index in [0.29, 0.717) is 35.1 Å². The molecular formula is C30H30ClNO7. The molecule has 3 aromatic carbocycles. The lowest BCUT2D eigenvalue weighted by atomic mass is 9.94. The number of hydrogen-bond donors (Lipinski definition) is 1. The number of ketones is 1. The van der Waals surface area contributed by atoms with Crippen LogP contribution in [-0.2, 0) is 9.59 Å². The van der Waals surface area contributed by atoms with Gasteiger partial charge in [-0.3, -0.25) is 14.5 Å². The van der Waals surface area contributed by atoms with E-state index >= 15 is 0 Å². The maximum atomic E-state index is 13.5. The van der Waals surface area contributed by atoms with E-state index in [1.54, 1.807) is 48.5 Å². The van der Waals surface area contributed by atoms with Crippen LogP contribution < -0.4 is 23.8 Å². The van der Waals surface area contributed by atoms with E-state index in [2.05, 4.69) is 0 Å². The molecule has 0 aliphatic carbocycles. The van der Waals surface area contributed by atoms with Crippen LogP contribution in [0.2, 0.25) is 5.02 Å². The first-order valence-corrected chi connectivity index (χ1v) is 12.8. The Kier molecular flexibility index (Phi) is 8.35. The minimum Gasteiger partial charge on any atom is -0.507 e. The van der Waals surface area contributed by atoms with Gasteiger partial charge in [0.2, 0.25) is 0 Å². The third-order valence-corrected chi connectivity index (χ3v) is 6.46. The molecule has 1 fully saturated rings. The number of aliphatic hydroxyl groups is 1. The molecule has 1 N–H and O–H groups in total. The first-order valence-electron chi connectivity index (χ1n) is 12.4. The van der Waals surface area contributed by atoms with E-state index in [-0.39, 0.29) is 28.0 Å². The van der Waals surface area contributed by atoms with Crippen molar-refractivity contribution in [2.45, 2.75) is 32.9 Å². The fraction of sp³-hybridized carbons (Fsp3) is 0.267. The number of anilines is 1. The number of nitrogens with zero attached hydrogens (tertiary/aromatic N) is 1. The lowest BCUT2D eigenvalue weighted by molar-refractivity contribution is -0.132. The van der Waals surface area contributed by atoms with E-state index < -0.39 is 23.5 Å². The van der Waals surface area contributed by atoms with Crippen molar-refractivity contribution in [3.8, 4) is 23.0 Å². The standard InChI is InChI=1S/C30H30ClNO7/c1-6-38-20-13-9-19(10-14-20)32-27(18-7-11-21(12-8-18)39-17(2)3)26(29(34)30(32)35)28(33)22-15-23(31)25(37-5)16-24(22)36-4/h7-17,27,33H,6H2,1-5H3/b28-26+. The summed E-state index contributed by atoms with van der Waals surface area (Å²) in [6.45, 7) is 6.20. The monoisotopic (exact) mass is 551 g/mol. The molecule has 39 heavy (non-hydrogen) atoms. The highest BCUT2D eigenvalue weighted by molar-refractivity contribution is 6.51. The maximum Gasteiger partial charge on any atom is 0.300 e. The van der Waals surface area contributed by atoms with Gasteiger partial charge in [0, 0.05) is 11.8 Å². The lowest BCUT2D eigenvalue weighted by Gasteiger charge is -2.26. The number of methoxy groups -OCH3 is 2. The predicted octanol–water partition coefficient (Wildman–Crippen LogP) is 6.17. The Morgan fingerprint density at radius 2 is 1.56 bits per heavy atom. The molecule has 0 saturated carbocycles. The fourth-order valence-corrected chi connectivity index (χ4v) is 4.72. The van der Waals surface area contributed by atoms with Crippen molar-refractivity contribution in [1.82, 2.24) is 0 Å². The number of carbonyl (C=O) groups is 2. The largest absolute Gasteiger partial charge is 0.507 e. The number of hydrogen-bond acceptors (Lipinski definition) is 7. The molecule has 0 radical (unpaired) electrons. The third kappa shape index (κ3) is 5.52. The summed E-state index contributed by atoms with van der Waals surface area (Å²) in [4.78, 5) is 28.4. The number of benzene rings is 3. The van der Waals surface area contributed by atoms with Crippen LogP contribution in [0.5, 0.6) is 23.0 Å². The Hall–Kier alpha value is -4.17. The molecule has 204 valence electrons. The quantitative estimate of drug-likeness (QED) is 0.193. The maximum absolute atomic E-state index is 13.5. The first kappa shape index (κ1) is 27.9. The normalized spacial score (nSPS) is 16.5. The summed E-state index contributed by atoms with van der Waals surface area (Å²) in [5.41, 5.74) is 1.11. The molecule has 1 unspecified atom stereocenters. The van der Waals surface area contributed by atoms with Crippen LogP contribution in [-0.4, -0.2) is 43.7 Å². The Morgan fingerprint density at radius 3 is 2.13 bits per heavy atom. The number of amides is 1. The minimum atomic E-state index is -0.943. The van der Waals surface area contributed by atoms with Crippen LogP contribution in [0, 0.1) is 0 Å².